The van der Waals surface area contributed by atoms with Crippen LogP contribution in [0.2, 0.25) is 0 Å². The van der Waals surface area contributed by atoms with E-state index in [1.807, 2.05) is 12.4 Å². The third-order valence-corrected chi connectivity index (χ3v) is 4.81. The quantitative estimate of drug-likeness (QED) is 0.295. The summed E-state index contributed by atoms with van der Waals surface area (Å²) in [5.74, 6) is 0. The molecular weight excluding hydrogens is 296 g/mol. The van der Waals surface area contributed by atoms with Crippen LogP contribution in [0, 0.1) is 0 Å². The van der Waals surface area contributed by atoms with Crippen LogP contribution in [0.3, 0.4) is 0 Å². The van der Waals surface area contributed by atoms with E-state index in [-0.39, 0.29) is 6.61 Å². The van der Waals surface area contributed by atoms with Gasteiger partial charge in [0.15, 0.2) is 0 Å². The fourth-order valence-electron chi connectivity index (χ4n) is 3.28. The molecule has 3 nitrogen and oxygen atoms in total. The van der Waals surface area contributed by atoms with Crippen LogP contribution < -0.4 is 5.32 Å². The zero-order chi connectivity index (χ0) is 17.3. The molecule has 0 aromatic rings. The van der Waals surface area contributed by atoms with E-state index in [0.29, 0.717) is 6.17 Å². The van der Waals surface area contributed by atoms with E-state index in [9.17, 15) is 0 Å². The van der Waals surface area contributed by atoms with Crippen LogP contribution in [0.4, 0.5) is 0 Å². The van der Waals surface area contributed by atoms with Crippen molar-refractivity contribution in [3.8, 4) is 0 Å². The van der Waals surface area contributed by atoms with Gasteiger partial charge < -0.3 is 15.3 Å². The van der Waals surface area contributed by atoms with Crippen molar-refractivity contribution < 1.29 is 5.11 Å². The van der Waals surface area contributed by atoms with Crippen LogP contribution in [-0.4, -0.2) is 29.3 Å². The lowest BCUT2D eigenvalue weighted by Gasteiger charge is -2.24. The molecule has 0 saturated heterocycles. The maximum atomic E-state index is 9.02. The van der Waals surface area contributed by atoms with Gasteiger partial charge in [0.1, 0.15) is 0 Å². The molecule has 3 heteroatoms. The van der Waals surface area contributed by atoms with Gasteiger partial charge in [-0.1, -0.05) is 76.9 Å². The first-order valence-electron chi connectivity index (χ1n) is 10.3. The lowest BCUT2D eigenvalue weighted by atomic mass is 10.1. The first-order chi connectivity index (χ1) is 11.9. The molecule has 0 fully saturated rings. The maximum absolute atomic E-state index is 9.02. The number of rotatable bonds is 16. The molecule has 2 N–H and O–H groups in total. The Bertz CT molecular complexity index is 328. The van der Waals surface area contributed by atoms with Gasteiger partial charge >= 0.3 is 0 Å². The Balaban J connectivity index is 1.83. The summed E-state index contributed by atoms with van der Waals surface area (Å²) in [4.78, 5) is 2.18. The Morgan fingerprint density at radius 3 is 2.21 bits per heavy atom. The minimum Gasteiger partial charge on any atom is -0.395 e. The monoisotopic (exact) mass is 336 g/mol. The second-order valence-corrected chi connectivity index (χ2v) is 6.98. The highest BCUT2D eigenvalue weighted by Crippen LogP contribution is 2.13. The van der Waals surface area contributed by atoms with Crippen LogP contribution in [-0.2, 0) is 0 Å². The lowest BCUT2D eigenvalue weighted by molar-refractivity contribution is 0.196. The Kier molecular flexibility index (Phi) is 13.7. The van der Waals surface area contributed by atoms with Crippen molar-refractivity contribution in [1.29, 1.82) is 0 Å². The van der Waals surface area contributed by atoms with Crippen LogP contribution in [0.1, 0.15) is 90.4 Å². The zero-order valence-corrected chi connectivity index (χ0v) is 15.9. The number of unbranched alkanes of at least 4 members (excludes halogenated alkanes) is 10. The molecule has 0 amide bonds. The molecule has 1 heterocycles. The maximum Gasteiger partial charge on any atom is 0.0985 e. The SMILES string of the molecule is CCCCCCCCCCCC/C=C/CCC1NC=CN1CCO. The fourth-order valence-corrected chi connectivity index (χ4v) is 3.28. The summed E-state index contributed by atoms with van der Waals surface area (Å²) in [6, 6.07) is 0. The van der Waals surface area contributed by atoms with Crippen molar-refractivity contribution in [1.82, 2.24) is 10.2 Å². The van der Waals surface area contributed by atoms with Crippen molar-refractivity contribution in [2.24, 2.45) is 0 Å². The molecule has 0 aromatic heterocycles. The van der Waals surface area contributed by atoms with Gasteiger partial charge in [0.05, 0.1) is 12.8 Å². The number of hydrogen-bond donors (Lipinski definition) is 2. The number of aliphatic hydroxyl groups excluding tert-OH is 1. The number of β-amino-alcohol motifs (C(OH)–C–C–N with tert-alkyl or cyclic N) is 1. The molecule has 0 radical (unpaired) electrons. The summed E-state index contributed by atoms with van der Waals surface area (Å²) in [6.45, 7) is 3.22. The lowest BCUT2D eigenvalue weighted by Crippen LogP contribution is -2.36. The summed E-state index contributed by atoms with van der Waals surface area (Å²) in [5.41, 5.74) is 0. The van der Waals surface area contributed by atoms with E-state index < -0.39 is 0 Å². The van der Waals surface area contributed by atoms with Crippen LogP contribution in [0.15, 0.2) is 24.6 Å². The Morgan fingerprint density at radius 1 is 0.917 bits per heavy atom. The molecule has 24 heavy (non-hydrogen) atoms. The standard InChI is InChI=1S/C21H40N2O/c1-2-3-4-5-6-7-8-9-10-11-12-13-14-15-16-21-22-17-18-23(21)19-20-24/h13-14,17-18,21-22,24H,2-12,15-16,19-20H2,1H3/b14-13+. The van der Waals surface area contributed by atoms with Crippen LogP contribution in [0.5, 0.6) is 0 Å². The molecule has 0 aliphatic carbocycles. The molecule has 0 aromatic carbocycles. The highest BCUT2D eigenvalue weighted by atomic mass is 16.3. The van der Waals surface area contributed by atoms with Crippen LogP contribution in [0.25, 0.3) is 0 Å². The molecule has 1 rings (SSSR count). The second kappa shape index (κ2) is 15.6. The topological polar surface area (TPSA) is 35.5 Å². The molecule has 0 saturated carbocycles. The first kappa shape index (κ1) is 21.1. The molecule has 0 spiro atoms. The fraction of sp³-hybridized carbons (Fsp3) is 0.810. The zero-order valence-electron chi connectivity index (χ0n) is 15.9. The predicted octanol–water partition coefficient (Wildman–Crippen LogP) is 5.33. The summed E-state index contributed by atoms with van der Waals surface area (Å²) in [6.07, 6.45) is 26.6. The smallest absolute Gasteiger partial charge is 0.0985 e. The third-order valence-electron chi connectivity index (χ3n) is 4.81. The van der Waals surface area contributed by atoms with Crippen LogP contribution >= 0.6 is 0 Å². The Morgan fingerprint density at radius 2 is 1.54 bits per heavy atom. The average Bonchev–Trinajstić information content (AvgIpc) is 3.03. The van der Waals surface area contributed by atoms with E-state index in [0.717, 1.165) is 19.4 Å². The van der Waals surface area contributed by atoms with E-state index in [4.69, 9.17) is 5.11 Å². The van der Waals surface area contributed by atoms with E-state index >= 15 is 0 Å². The normalized spacial score (nSPS) is 17.1. The van der Waals surface area contributed by atoms with Crippen molar-refractivity contribution in [2.45, 2.75) is 96.6 Å². The van der Waals surface area contributed by atoms with Gasteiger partial charge in [-0.05, 0) is 25.7 Å². The third kappa shape index (κ3) is 10.7. The second-order valence-electron chi connectivity index (χ2n) is 6.98. The number of nitrogens with one attached hydrogen (secondary N) is 1. The molecule has 140 valence electrons. The molecule has 1 atom stereocenters. The van der Waals surface area contributed by atoms with Gasteiger partial charge in [-0.2, -0.15) is 0 Å². The van der Waals surface area contributed by atoms with Crippen molar-refractivity contribution in [3.05, 3.63) is 24.6 Å². The Labute approximate surface area is 150 Å². The molecule has 0 bridgehead atoms. The molecule has 1 aliphatic heterocycles. The molecule has 1 aliphatic rings. The molecular formula is C21H40N2O. The predicted molar refractivity (Wildman–Crippen MR) is 105 cm³/mol. The average molecular weight is 337 g/mol. The van der Waals surface area contributed by atoms with Crippen molar-refractivity contribution in [2.75, 3.05) is 13.2 Å². The largest absolute Gasteiger partial charge is 0.395 e. The number of allylic oxidation sites excluding steroid dienone is 2. The van der Waals surface area contributed by atoms with Gasteiger partial charge in [-0.3, -0.25) is 0 Å². The number of nitrogens with zero attached hydrogens (tertiary/aromatic N) is 1. The van der Waals surface area contributed by atoms with Gasteiger partial charge in [0, 0.05) is 18.9 Å². The van der Waals surface area contributed by atoms with E-state index in [2.05, 4.69) is 29.3 Å². The summed E-state index contributed by atoms with van der Waals surface area (Å²) < 4.78 is 0. The van der Waals surface area contributed by atoms with Crippen molar-refractivity contribution >= 4 is 0 Å². The molecule has 1 unspecified atom stereocenters. The summed E-state index contributed by atoms with van der Waals surface area (Å²) >= 11 is 0. The van der Waals surface area contributed by atoms with Crippen molar-refractivity contribution in [3.63, 3.8) is 0 Å². The first-order valence-corrected chi connectivity index (χ1v) is 10.3. The van der Waals surface area contributed by atoms with E-state index in [1.54, 1.807) is 0 Å². The summed E-state index contributed by atoms with van der Waals surface area (Å²) in [7, 11) is 0. The highest BCUT2D eigenvalue weighted by molar-refractivity contribution is 4.95. The Hall–Kier alpha value is -0.960. The van der Waals surface area contributed by atoms with Gasteiger partial charge in [-0.15, -0.1) is 0 Å². The van der Waals surface area contributed by atoms with Gasteiger partial charge in [0.2, 0.25) is 0 Å². The minimum atomic E-state index is 0.219. The number of hydrogen-bond acceptors (Lipinski definition) is 3. The summed E-state index contributed by atoms with van der Waals surface area (Å²) in [5, 5.41) is 12.4. The number of aliphatic hydroxyl groups is 1. The van der Waals surface area contributed by atoms with Gasteiger partial charge in [-0.25, -0.2) is 0 Å². The minimum absolute atomic E-state index is 0.219. The highest BCUT2D eigenvalue weighted by Gasteiger charge is 2.16. The van der Waals surface area contributed by atoms with Gasteiger partial charge in [0.25, 0.3) is 0 Å². The van der Waals surface area contributed by atoms with E-state index in [1.165, 1.54) is 70.6 Å².